The molecule has 2 aliphatic rings. The Bertz CT molecular complexity index is 866. The Balaban J connectivity index is 1.61. The second kappa shape index (κ2) is 8.11. The number of anilines is 1. The normalized spacial score (nSPS) is 23.7. The minimum Gasteiger partial charge on any atom is -0.340 e. The van der Waals surface area contributed by atoms with Crippen molar-refractivity contribution in [3.8, 4) is 0 Å². The molecule has 0 bridgehead atoms. The molecule has 29 heavy (non-hydrogen) atoms. The maximum Gasteiger partial charge on any atom is 0.237 e. The molecule has 4 rings (SSSR count). The summed E-state index contributed by atoms with van der Waals surface area (Å²) in [6.45, 7) is 7.32. The summed E-state index contributed by atoms with van der Waals surface area (Å²) in [4.78, 5) is 28.6. The summed E-state index contributed by atoms with van der Waals surface area (Å²) >= 11 is 0. The highest BCUT2D eigenvalue weighted by atomic mass is 16.2. The van der Waals surface area contributed by atoms with E-state index in [1.54, 1.807) is 0 Å². The molecular weight excluding hydrogens is 362 g/mol. The van der Waals surface area contributed by atoms with Crippen molar-refractivity contribution in [3.05, 3.63) is 53.3 Å². The first-order valence-corrected chi connectivity index (χ1v) is 10.5. The van der Waals surface area contributed by atoms with Gasteiger partial charge in [-0.25, -0.2) is 9.97 Å². The molecule has 2 aliphatic heterocycles. The lowest BCUT2D eigenvalue weighted by molar-refractivity contribution is -0.133. The van der Waals surface area contributed by atoms with Crippen LogP contribution >= 0.6 is 0 Å². The number of carbonyl (C=O) groups excluding carboxylic acids is 1. The lowest BCUT2D eigenvalue weighted by atomic mass is 9.87. The first kappa shape index (κ1) is 19.8. The molecule has 0 aliphatic carbocycles. The summed E-state index contributed by atoms with van der Waals surface area (Å²) in [6, 6.07) is 8.61. The quantitative estimate of drug-likeness (QED) is 0.781. The number of nitrogens with zero attached hydrogens (tertiary/aromatic N) is 5. The van der Waals surface area contributed by atoms with E-state index in [-0.39, 0.29) is 11.9 Å². The molecule has 0 unspecified atom stereocenters. The molecule has 2 saturated heterocycles. The predicted molar refractivity (Wildman–Crippen MR) is 115 cm³/mol. The molecular formula is C23H31N5O. The average molecular weight is 394 g/mol. The highest BCUT2D eigenvalue weighted by Crippen LogP contribution is 2.46. The van der Waals surface area contributed by atoms with Crippen molar-refractivity contribution >= 4 is 11.9 Å². The van der Waals surface area contributed by atoms with Gasteiger partial charge in [-0.1, -0.05) is 31.2 Å². The molecule has 0 spiro atoms. The van der Waals surface area contributed by atoms with Crippen LogP contribution in [-0.2, 0) is 11.2 Å². The van der Waals surface area contributed by atoms with Crippen molar-refractivity contribution in [2.24, 2.45) is 11.8 Å². The Hall–Kier alpha value is -2.47. The molecule has 0 N–H and O–H groups in total. The number of likely N-dealkylation sites (N-methyl/N-ethyl adjacent to an activating group) is 1. The lowest BCUT2D eigenvalue weighted by Crippen LogP contribution is -2.40. The maximum absolute atomic E-state index is 13.0. The van der Waals surface area contributed by atoms with Gasteiger partial charge in [-0.05, 0) is 44.1 Å². The van der Waals surface area contributed by atoms with E-state index in [1.165, 1.54) is 11.1 Å². The van der Waals surface area contributed by atoms with E-state index in [0.717, 1.165) is 37.6 Å². The summed E-state index contributed by atoms with van der Waals surface area (Å²) in [6.07, 6.45) is 4.81. The highest BCUT2D eigenvalue weighted by Gasteiger charge is 2.49. The van der Waals surface area contributed by atoms with Gasteiger partial charge in [0.1, 0.15) is 0 Å². The molecule has 3 atom stereocenters. The van der Waals surface area contributed by atoms with E-state index in [4.69, 9.17) is 0 Å². The van der Waals surface area contributed by atoms with Gasteiger partial charge in [0.05, 0.1) is 12.6 Å². The Morgan fingerprint density at radius 2 is 1.86 bits per heavy atom. The fourth-order valence-corrected chi connectivity index (χ4v) is 4.84. The Labute approximate surface area is 173 Å². The number of carbonyl (C=O) groups is 1. The van der Waals surface area contributed by atoms with Crippen LogP contribution in [0.15, 0.2) is 36.7 Å². The van der Waals surface area contributed by atoms with E-state index in [1.807, 2.05) is 31.4 Å². The lowest BCUT2D eigenvalue weighted by Gasteiger charge is -2.31. The Morgan fingerprint density at radius 1 is 1.14 bits per heavy atom. The molecule has 0 radical (unpaired) electrons. The van der Waals surface area contributed by atoms with Gasteiger partial charge in [-0.15, -0.1) is 0 Å². The van der Waals surface area contributed by atoms with Crippen LogP contribution in [0.1, 0.15) is 29.7 Å². The fraction of sp³-hybridized carbons (Fsp3) is 0.522. The topological polar surface area (TPSA) is 52.6 Å². The summed E-state index contributed by atoms with van der Waals surface area (Å²) in [7, 11) is 3.91. The zero-order valence-electron chi connectivity index (χ0n) is 17.9. The van der Waals surface area contributed by atoms with E-state index < -0.39 is 0 Å². The van der Waals surface area contributed by atoms with Crippen LogP contribution in [0.3, 0.4) is 0 Å². The Morgan fingerprint density at radius 3 is 2.52 bits per heavy atom. The van der Waals surface area contributed by atoms with Gasteiger partial charge >= 0.3 is 0 Å². The summed E-state index contributed by atoms with van der Waals surface area (Å²) in [5, 5.41) is 0. The maximum atomic E-state index is 13.0. The number of hydrogen-bond acceptors (Lipinski definition) is 5. The molecule has 3 heterocycles. The van der Waals surface area contributed by atoms with Crippen molar-refractivity contribution in [1.82, 2.24) is 19.8 Å². The number of aryl methyl sites for hydroxylation is 2. The third-order valence-electron chi connectivity index (χ3n) is 6.33. The average Bonchev–Trinajstić information content (AvgIpc) is 3.26. The summed E-state index contributed by atoms with van der Waals surface area (Å²) < 4.78 is 0. The Kier molecular flexibility index (Phi) is 5.54. The van der Waals surface area contributed by atoms with E-state index in [9.17, 15) is 4.79 Å². The molecule has 2 fully saturated rings. The number of hydrogen-bond donors (Lipinski definition) is 0. The van der Waals surface area contributed by atoms with E-state index in [2.05, 4.69) is 57.9 Å². The number of aromatic nitrogens is 2. The van der Waals surface area contributed by atoms with Gasteiger partial charge in [-0.3, -0.25) is 4.79 Å². The third kappa shape index (κ3) is 3.86. The van der Waals surface area contributed by atoms with Crippen LogP contribution in [0.25, 0.3) is 0 Å². The van der Waals surface area contributed by atoms with Crippen molar-refractivity contribution in [1.29, 1.82) is 0 Å². The second-order valence-electron chi connectivity index (χ2n) is 8.66. The molecule has 6 heteroatoms. The van der Waals surface area contributed by atoms with Crippen LogP contribution in [0, 0.1) is 18.8 Å². The van der Waals surface area contributed by atoms with E-state index >= 15 is 0 Å². The standard InChI is InChI=1S/C23H31N5O/c1-5-17-10-24-23(25-11-17)27-12-18-13-28(21(29)15-26(3)4)22(20(18)14-27)19-9-7-6-8-16(19)2/h6-11,18,20,22H,5,12-15H2,1-4H3/t18-,20-,22+/m1/s1. The number of amides is 1. The van der Waals surface area contributed by atoms with Gasteiger partial charge in [-0.2, -0.15) is 0 Å². The van der Waals surface area contributed by atoms with Gasteiger partial charge in [0.25, 0.3) is 0 Å². The van der Waals surface area contributed by atoms with Crippen LogP contribution in [0.5, 0.6) is 0 Å². The molecule has 0 saturated carbocycles. The number of rotatable bonds is 5. The first-order chi connectivity index (χ1) is 14.0. The van der Waals surface area contributed by atoms with Crippen LogP contribution in [-0.4, -0.2) is 65.9 Å². The number of likely N-dealkylation sites (tertiary alicyclic amines) is 1. The smallest absolute Gasteiger partial charge is 0.237 e. The van der Waals surface area contributed by atoms with Crippen LogP contribution in [0.2, 0.25) is 0 Å². The molecule has 154 valence electrons. The molecule has 1 aromatic carbocycles. The molecule has 6 nitrogen and oxygen atoms in total. The van der Waals surface area contributed by atoms with Gasteiger partial charge < -0.3 is 14.7 Å². The van der Waals surface area contributed by atoms with Gasteiger partial charge in [0, 0.05) is 43.9 Å². The molecule has 2 aromatic rings. The van der Waals surface area contributed by atoms with E-state index in [0.29, 0.717) is 18.4 Å². The summed E-state index contributed by atoms with van der Waals surface area (Å²) in [5.41, 5.74) is 3.69. The fourth-order valence-electron chi connectivity index (χ4n) is 4.84. The van der Waals surface area contributed by atoms with Crippen LogP contribution in [0.4, 0.5) is 5.95 Å². The zero-order valence-corrected chi connectivity index (χ0v) is 17.9. The largest absolute Gasteiger partial charge is 0.340 e. The number of benzene rings is 1. The second-order valence-corrected chi connectivity index (χ2v) is 8.66. The van der Waals surface area contributed by atoms with Crippen LogP contribution < -0.4 is 4.90 Å². The van der Waals surface area contributed by atoms with Crippen molar-refractivity contribution in [2.45, 2.75) is 26.3 Å². The molecule has 1 aromatic heterocycles. The van der Waals surface area contributed by atoms with Crippen molar-refractivity contribution in [3.63, 3.8) is 0 Å². The minimum absolute atomic E-state index is 0.119. The highest BCUT2D eigenvalue weighted by molar-refractivity contribution is 5.79. The SMILES string of the molecule is CCc1cnc(N2C[C@@H]3CN(C(=O)CN(C)C)[C@@H](c4ccccc4C)[C@@H]3C2)nc1. The van der Waals surface area contributed by atoms with Gasteiger partial charge in [0.2, 0.25) is 11.9 Å². The summed E-state index contributed by atoms with van der Waals surface area (Å²) in [5.74, 6) is 1.87. The zero-order chi connectivity index (χ0) is 20.5. The van der Waals surface area contributed by atoms with Gasteiger partial charge in [0.15, 0.2) is 0 Å². The van der Waals surface area contributed by atoms with Crippen molar-refractivity contribution in [2.75, 3.05) is 45.2 Å². The minimum atomic E-state index is 0.119. The monoisotopic (exact) mass is 393 g/mol. The third-order valence-corrected chi connectivity index (χ3v) is 6.33. The van der Waals surface area contributed by atoms with Crippen molar-refractivity contribution < 1.29 is 4.79 Å². The predicted octanol–water partition coefficient (Wildman–Crippen LogP) is 2.54. The molecule has 1 amide bonds. The first-order valence-electron chi connectivity index (χ1n) is 10.5. The number of fused-ring (bicyclic) bond motifs is 1.